The molecule has 0 bridgehead atoms. The number of ether oxygens (including phenoxy) is 1. The van der Waals surface area contributed by atoms with Crippen LogP contribution in [0.2, 0.25) is 0 Å². The van der Waals surface area contributed by atoms with E-state index >= 15 is 0 Å². The molecule has 0 aliphatic rings. The van der Waals surface area contributed by atoms with E-state index in [1.807, 2.05) is 13.8 Å². The first-order valence-corrected chi connectivity index (χ1v) is 6.57. The summed E-state index contributed by atoms with van der Waals surface area (Å²) >= 11 is 0. The van der Waals surface area contributed by atoms with Gasteiger partial charge in [0.05, 0.1) is 12.7 Å². The van der Waals surface area contributed by atoms with E-state index in [0.29, 0.717) is 29.9 Å². The number of nitrogens with zero attached hydrogens (tertiary/aromatic N) is 1. The van der Waals surface area contributed by atoms with Crippen LogP contribution in [0.5, 0.6) is 0 Å². The van der Waals surface area contributed by atoms with Crippen LogP contribution in [0.3, 0.4) is 0 Å². The molecule has 0 saturated carbocycles. The zero-order valence-corrected chi connectivity index (χ0v) is 12.4. The van der Waals surface area contributed by atoms with Crippen molar-refractivity contribution in [3.05, 3.63) is 0 Å². The second kappa shape index (κ2) is 8.31. The van der Waals surface area contributed by atoms with Gasteiger partial charge in [-0.3, -0.25) is 4.79 Å². The lowest BCUT2D eigenvalue weighted by molar-refractivity contribution is -0.144. The predicted octanol–water partition coefficient (Wildman–Crippen LogP) is 1.08. The third-order valence-electron chi connectivity index (χ3n) is 2.66. The van der Waals surface area contributed by atoms with Gasteiger partial charge in [0.25, 0.3) is 0 Å². The molecule has 0 radical (unpaired) electrons. The van der Waals surface area contributed by atoms with Crippen LogP contribution in [-0.2, 0) is 14.0 Å². The summed E-state index contributed by atoms with van der Waals surface area (Å²) in [6.07, 6.45) is 3.19. The Morgan fingerprint density at radius 2 is 2.19 bits per heavy atom. The first-order chi connectivity index (χ1) is 7.64. The van der Waals surface area contributed by atoms with Gasteiger partial charge in [-0.2, -0.15) is 5.26 Å². The molecular formula is C11H21NO3Si. The first-order valence-electron chi connectivity index (χ1n) is 5.76. The molecule has 0 rings (SSSR count). The summed E-state index contributed by atoms with van der Waals surface area (Å²) in [6, 6.07) is 2.14. The molecule has 1 unspecified atom stereocenters. The van der Waals surface area contributed by atoms with Gasteiger partial charge in [0.15, 0.2) is 0 Å². The number of esters is 1. The van der Waals surface area contributed by atoms with Crippen molar-refractivity contribution < 1.29 is 14.0 Å². The molecule has 0 aromatic heterocycles. The third kappa shape index (κ3) is 5.28. The van der Waals surface area contributed by atoms with Gasteiger partial charge in [0.1, 0.15) is 16.1 Å². The maximum absolute atomic E-state index is 11.3. The number of rotatable bonds is 8. The summed E-state index contributed by atoms with van der Waals surface area (Å²) in [5.41, 5.74) is -0.782. The zero-order valence-electron chi connectivity index (χ0n) is 10.4. The Bertz CT molecular complexity index is 246. The summed E-state index contributed by atoms with van der Waals surface area (Å²) < 4.78 is 10.3. The zero-order chi connectivity index (χ0) is 12.4. The van der Waals surface area contributed by atoms with Crippen molar-refractivity contribution in [3.63, 3.8) is 0 Å². The fourth-order valence-corrected chi connectivity index (χ4v) is 1.89. The predicted molar refractivity (Wildman–Crippen MR) is 64.8 cm³/mol. The molecular weight excluding hydrogens is 222 g/mol. The fraction of sp³-hybridized carbons (Fsp3) is 0.818. The smallest absolute Gasteiger partial charge is 0.305 e. The normalized spacial score (nSPS) is 14.1. The van der Waals surface area contributed by atoms with E-state index in [-0.39, 0.29) is 12.4 Å². The van der Waals surface area contributed by atoms with Crippen molar-refractivity contribution in [2.75, 3.05) is 6.61 Å². The van der Waals surface area contributed by atoms with Crippen LogP contribution in [0.25, 0.3) is 0 Å². The molecule has 0 amide bonds. The average Bonchev–Trinajstić information content (AvgIpc) is 2.32. The Labute approximate surface area is 100 Å². The molecule has 1 atom stereocenters. The molecule has 0 spiro atoms. The minimum absolute atomic E-state index is 0.236. The van der Waals surface area contributed by atoms with Crippen molar-refractivity contribution in [1.29, 1.82) is 5.26 Å². The number of hydrogen-bond donors (Lipinski definition) is 0. The van der Waals surface area contributed by atoms with Gasteiger partial charge in [0.2, 0.25) is 0 Å². The first kappa shape index (κ1) is 15.1. The summed E-state index contributed by atoms with van der Waals surface area (Å²) in [4.78, 5) is 11.3. The van der Waals surface area contributed by atoms with Gasteiger partial charge in [-0.1, -0.05) is 20.3 Å². The average molecular weight is 243 g/mol. The van der Waals surface area contributed by atoms with Crippen LogP contribution < -0.4 is 0 Å². The summed E-state index contributed by atoms with van der Waals surface area (Å²) in [5, 5.41) is 9.00. The Morgan fingerprint density at radius 3 is 2.62 bits per heavy atom. The van der Waals surface area contributed by atoms with E-state index in [0.717, 1.165) is 12.8 Å². The van der Waals surface area contributed by atoms with Crippen molar-refractivity contribution in [2.45, 2.75) is 51.6 Å². The van der Waals surface area contributed by atoms with E-state index in [4.69, 9.17) is 14.4 Å². The second-order valence-electron chi connectivity index (χ2n) is 3.74. The largest absolute Gasteiger partial charge is 0.466 e. The van der Waals surface area contributed by atoms with E-state index in [1.165, 1.54) is 0 Å². The minimum Gasteiger partial charge on any atom is -0.466 e. The Kier molecular flexibility index (Phi) is 7.86. The molecule has 0 heterocycles. The maximum atomic E-state index is 11.3. The van der Waals surface area contributed by atoms with Crippen molar-refractivity contribution >= 4 is 16.5 Å². The van der Waals surface area contributed by atoms with Crippen LogP contribution in [-0.4, -0.2) is 28.7 Å². The molecule has 4 nitrogen and oxygen atoms in total. The summed E-state index contributed by atoms with van der Waals surface area (Å²) in [6.45, 7) is 4.41. The number of hydrogen-bond acceptors (Lipinski definition) is 4. The number of carbonyl (C=O) groups excluding carboxylic acids is 1. The lowest BCUT2D eigenvalue weighted by Gasteiger charge is -2.23. The lowest BCUT2D eigenvalue weighted by atomic mass is 9.97. The second-order valence-corrected chi connectivity index (χ2v) is 4.15. The van der Waals surface area contributed by atoms with Gasteiger partial charge >= 0.3 is 5.97 Å². The topological polar surface area (TPSA) is 59.3 Å². The Hall–Kier alpha value is -0.863. The van der Waals surface area contributed by atoms with E-state index in [9.17, 15) is 4.79 Å². The summed E-state index contributed by atoms with van der Waals surface area (Å²) in [5.74, 6) is -0.236. The highest BCUT2D eigenvalue weighted by atomic mass is 28.2. The van der Waals surface area contributed by atoms with Gasteiger partial charge in [-0.25, -0.2) is 0 Å². The molecule has 0 aromatic carbocycles. The fourth-order valence-electron chi connectivity index (χ4n) is 1.31. The van der Waals surface area contributed by atoms with E-state index in [1.54, 1.807) is 0 Å². The highest BCUT2D eigenvalue weighted by Crippen LogP contribution is 2.20. The minimum atomic E-state index is -0.782. The number of nitriles is 1. The molecule has 92 valence electrons. The van der Waals surface area contributed by atoms with Crippen LogP contribution in [0.4, 0.5) is 0 Å². The van der Waals surface area contributed by atoms with Crippen LogP contribution in [0, 0.1) is 11.3 Å². The molecule has 0 aromatic rings. The molecule has 0 fully saturated rings. The van der Waals surface area contributed by atoms with E-state index in [2.05, 4.69) is 6.07 Å². The molecule has 0 N–H and O–H groups in total. The maximum Gasteiger partial charge on any atom is 0.305 e. The van der Waals surface area contributed by atoms with Crippen LogP contribution in [0.1, 0.15) is 46.0 Å². The Balaban J connectivity index is 3.93. The molecule has 0 saturated heterocycles. The standard InChI is InChI=1S/C11H21NO3Si/c1-3-5-8-14-10(13)6-7-11(4-2,9-12)15-16/h3-8H2,1-2,16H3. The monoisotopic (exact) mass is 243 g/mol. The SMILES string of the molecule is CCCCOC(=O)CCC(C#N)(CC)O[SiH3]. The molecule has 16 heavy (non-hydrogen) atoms. The van der Waals surface area contributed by atoms with Crippen molar-refractivity contribution in [3.8, 4) is 6.07 Å². The number of carbonyl (C=O) groups is 1. The summed E-state index contributed by atoms with van der Waals surface area (Å²) in [7, 11) is 0.504. The molecule has 5 heteroatoms. The third-order valence-corrected chi connectivity index (χ3v) is 3.44. The van der Waals surface area contributed by atoms with Gasteiger partial charge in [-0.15, -0.1) is 0 Å². The quantitative estimate of drug-likeness (QED) is 0.363. The highest BCUT2D eigenvalue weighted by molar-refractivity contribution is 5.98. The Morgan fingerprint density at radius 1 is 1.50 bits per heavy atom. The van der Waals surface area contributed by atoms with Crippen LogP contribution in [0.15, 0.2) is 0 Å². The van der Waals surface area contributed by atoms with E-state index < -0.39 is 5.60 Å². The van der Waals surface area contributed by atoms with Crippen LogP contribution >= 0.6 is 0 Å². The van der Waals surface area contributed by atoms with Crippen molar-refractivity contribution in [2.24, 2.45) is 0 Å². The highest BCUT2D eigenvalue weighted by Gasteiger charge is 2.27. The van der Waals surface area contributed by atoms with Gasteiger partial charge in [0, 0.05) is 6.42 Å². The molecule has 0 aliphatic heterocycles. The molecule has 0 aliphatic carbocycles. The van der Waals surface area contributed by atoms with Crippen molar-refractivity contribution in [1.82, 2.24) is 0 Å². The number of unbranched alkanes of at least 4 members (excludes halogenated alkanes) is 1. The van der Waals surface area contributed by atoms with Gasteiger partial charge in [-0.05, 0) is 19.3 Å². The van der Waals surface area contributed by atoms with Gasteiger partial charge < -0.3 is 9.16 Å². The lowest BCUT2D eigenvalue weighted by Crippen LogP contribution is -2.30.